The number of aromatic nitrogens is 2. The molecule has 0 unspecified atom stereocenters. The van der Waals surface area contributed by atoms with Crippen molar-refractivity contribution in [2.75, 3.05) is 11.4 Å². The van der Waals surface area contributed by atoms with Crippen LogP contribution in [0.3, 0.4) is 0 Å². The Morgan fingerprint density at radius 3 is 2.90 bits per heavy atom. The van der Waals surface area contributed by atoms with Crippen molar-refractivity contribution >= 4 is 39.0 Å². The lowest BCUT2D eigenvalue weighted by atomic mass is 9.78. The molecule has 112 valence electrons. The monoisotopic (exact) mass is 321 g/mol. The second-order valence-electron chi connectivity index (χ2n) is 6.34. The fourth-order valence-electron chi connectivity index (χ4n) is 4.11. The summed E-state index contributed by atoms with van der Waals surface area (Å²) in [6.07, 6.45) is 8.08. The van der Waals surface area contributed by atoms with E-state index >= 15 is 0 Å². The van der Waals surface area contributed by atoms with Gasteiger partial charge in [-0.3, -0.25) is 0 Å². The van der Waals surface area contributed by atoms with Crippen LogP contribution in [0.15, 0.2) is 6.07 Å². The van der Waals surface area contributed by atoms with Crippen molar-refractivity contribution < 1.29 is 0 Å². The van der Waals surface area contributed by atoms with E-state index in [0.717, 1.165) is 23.1 Å². The molecule has 0 N–H and O–H groups in total. The number of piperidine rings is 1. The third kappa shape index (κ3) is 2.42. The van der Waals surface area contributed by atoms with Gasteiger partial charge in [-0.2, -0.15) is 4.98 Å². The lowest BCUT2D eigenvalue weighted by molar-refractivity contribution is 0.243. The zero-order valence-corrected chi connectivity index (χ0v) is 13.9. The number of nitrogens with zero attached hydrogens (tertiary/aromatic N) is 3. The average molecular weight is 322 g/mol. The van der Waals surface area contributed by atoms with E-state index < -0.39 is 0 Å². The smallest absolute Gasteiger partial charge is 0.225 e. The second-order valence-corrected chi connectivity index (χ2v) is 7.91. The largest absolute Gasteiger partial charge is 0.353 e. The molecule has 0 aromatic carbocycles. The highest BCUT2D eigenvalue weighted by Crippen LogP contribution is 2.40. The maximum Gasteiger partial charge on any atom is 0.225 e. The predicted molar refractivity (Wildman–Crippen MR) is 89.5 cm³/mol. The third-order valence-corrected chi connectivity index (χ3v) is 6.10. The van der Waals surface area contributed by atoms with E-state index in [-0.39, 0.29) is 0 Å². The minimum atomic E-state index is 0.386. The van der Waals surface area contributed by atoms with Gasteiger partial charge in [-0.05, 0) is 56.2 Å². The van der Waals surface area contributed by atoms with E-state index in [1.807, 2.05) is 0 Å². The van der Waals surface area contributed by atoms with Gasteiger partial charge in [-0.25, -0.2) is 4.98 Å². The Bertz CT molecular complexity index is 667. The van der Waals surface area contributed by atoms with Crippen molar-refractivity contribution in [2.24, 2.45) is 5.92 Å². The molecule has 0 radical (unpaired) electrons. The molecule has 1 aliphatic heterocycles. The molecule has 1 saturated carbocycles. The van der Waals surface area contributed by atoms with Crippen LogP contribution in [0, 0.1) is 12.8 Å². The Labute approximate surface area is 134 Å². The van der Waals surface area contributed by atoms with E-state index in [9.17, 15) is 0 Å². The van der Waals surface area contributed by atoms with Gasteiger partial charge in [0.25, 0.3) is 0 Å². The van der Waals surface area contributed by atoms with Crippen molar-refractivity contribution in [3.63, 3.8) is 0 Å². The number of anilines is 1. The number of hydrogen-bond donors (Lipinski definition) is 0. The van der Waals surface area contributed by atoms with Crippen molar-refractivity contribution in [2.45, 2.75) is 51.5 Å². The molecule has 0 spiro atoms. The van der Waals surface area contributed by atoms with Crippen LogP contribution in [-0.2, 0) is 0 Å². The highest BCUT2D eigenvalue weighted by molar-refractivity contribution is 7.18. The average Bonchev–Trinajstić information content (AvgIpc) is 2.86. The first kappa shape index (κ1) is 13.8. The molecule has 3 nitrogen and oxygen atoms in total. The Morgan fingerprint density at radius 1 is 1.19 bits per heavy atom. The molecule has 2 aromatic heterocycles. The van der Waals surface area contributed by atoms with Gasteiger partial charge in [0.05, 0.1) is 5.39 Å². The first-order valence-electron chi connectivity index (χ1n) is 7.93. The fourth-order valence-corrected chi connectivity index (χ4v) is 5.20. The second kappa shape index (κ2) is 5.40. The van der Waals surface area contributed by atoms with Crippen LogP contribution in [-0.4, -0.2) is 22.6 Å². The van der Waals surface area contributed by atoms with Gasteiger partial charge in [-0.15, -0.1) is 11.3 Å². The van der Waals surface area contributed by atoms with Crippen LogP contribution < -0.4 is 4.90 Å². The zero-order chi connectivity index (χ0) is 14.4. The van der Waals surface area contributed by atoms with Gasteiger partial charge in [0.15, 0.2) is 0 Å². The lowest BCUT2D eigenvalue weighted by Crippen LogP contribution is -2.47. The molecular formula is C16H20ClN3S. The standard InChI is InChI=1S/C16H20ClN3S/c1-10-9-12-14(18-16(17)19-15(12)21-10)20-8-4-6-11-5-2-3-7-13(11)20/h9,11,13H,2-8H2,1H3/t11-,13-/m1/s1. The van der Waals surface area contributed by atoms with Gasteiger partial charge in [0.1, 0.15) is 10.6 Å². The summed E-state index contributed by atoms with van der Waals surface area (Å²) in [6, 6.07) is 2.87. The molecule has 2 atom stereocenters. The first-order valence-corrected chi connectivity index (χ1v) is 9.12. The SMILES string of the molecule is Cc1cc2c(N3CCC[C@H]4CCCC[C@H]43)nc(Cl)nc2s1. The summed E-state index contributed by atoms with van der Waals surface area (Å²) >= 11 is 7.90. The normalized spacial score (nSPS) is 26.1. The minimum absolute atomic E-state index is 0.386. The summed E-state index contributed by atoms with van der Waals surface area (Å²) in [5.74, 6) is 1.92. The number of hydrogen-bond acceptors (Lipinski definition) is 4. The quantitative estimate of drug-likeness (QED) is 0.706. The Kier molecular flexibility index (Phi) is 3.54. The molecule has 1 aliphatic carbocycles. The Hall–Kier alpha value is -0.870. The molecule has 3 heterocycles. The number of rotatable bonds is 1. The van der Waals surface area contributed by atoms with Crippen LogP contribution in [0.1, 0.15) is 43.4 Å². The van der Waals surface area contributed by atoms with Gasteiger partial charge in [0, 0.05) is 17.5 Å². The van der Waals surface area contributed by atoms with Crippen LogP contribution in [0.2, 0.25) is 5.28 Å². The lowest BCUT2D eigenvalue weighted by Gasteiger charge is -2.45. The molecule has 0 bridgehead atoms. The first-order chi connectivity index (χ1) is 10.2. The molecule has 4 rings (SSSR count). The van der Waals surface area contributed by atoms with E-state index in [1.165, 1.54) is 48.8 Å². The van der Waals surface area contributed by atoms with Crippen molar-refractivity contribution in [1.82, 2.24) is 9.97 Å². The number of fused-ring (bicyclic) bond motifs is 2. The Morgan fingerprint density at radius 2 is 2.00 bits per heavy atom. The van der Waals surface area contributed by atoms with Crippen LogP contribution in [0.5, 0.6) is 0 Å². The maximum atomic E-state index is 6.19. The highest BCUT2D eigenvalue weighted by atomic mass is 35.5. The summed E-state index contributed by atoms with van der Waals surface area (Å²) in [6.45, 7) is 3.24. The third-order valence-electron chi connectivity index (χ3n) is 4.98. The topological polar surface area (TPSA) is 29.0 Å². The molecule has 1 saturated heterocycles. The van der Waals surface area contributed by atoms with Gasteiger partial charge >= 0.3 is 0 Å². The summed E-state index contributed by atoms with van der Waals surface area (Å²) < 4.78 is 0. The van der Waals surface area contributed by atoms with Crippen LogP contribution in [0.25, 0.3) is 10.2 Å². The summed E-state index contributed by atoms with van der Waals surface area (Å²) in [7, 11) is 0. The van der Waals surface area contributed by atoms with Crippen molar-refractivity contribution in [3.05, 3.63) is 16.2 Å². The van der Waals surface area contributed by atoms with E-state index in [4.69, 9.17) is 11.6 Å². The highest BCUT2D eigenvalue weighted by Gasteiger charge is 2.34. The maximum absolute atomic E-state index is 6.19. The number of aryl methyl sites for hydroxylation is 1. The zero-order valence-electron chi connectivity index (χ0n) is 12.3. The van der Waals surface area contributed by atoms with Crippen LogP contribution in [0.4, 0.5) is 5.82 Å². The van der Waals surface area contributed by atoms with Gasteiger partial charge in [-0.1, -0.05) is 12.8 Å². The van der Waals surface area contributed by atoms with Gasteiger partial charge in [0.2, 0.25) is 5.28 Å². The van der Waals surface area contributed by atoms with E-state index in [1.54, 1.807) is 11.3 Å². The molecule has 21 heavy (non-hydrogen) atoms. The van der Waals surface area contributed by atoms with Crippen molar-refractivity contribution in [3.8, 4) is 0 Å². The Balaban J connectivity index is 1.80. The predicted octanol–water partition coefficient (Wildman–Crippen LogP) is 4.81. The van der Waals surface area contributed by atoms with E-state index in [2.05, 4.69) is 27.9 Å². The van der Waals surface area contributed by atoms with E-state index in [0.29, 0.717) is 11.3 Å². The fraction of sp³-hybridized carbons (Fsp3) is 0.625. The number of halogens is 1. The summed E-state index contributed by atoms with van der Waals surface area (Å²) in [4.78, 5) is 13.9. The molecular weight excluding hydrogens is 302 g/mol. The van der Waals surface area contributed by atoms with Gasteiger partial charge < -0.3 is 4.90 Å². The summed E-state index contributed by atoms with van der Waals surface area (Å²) in [5.41, 5.74) is 0. The molecule has 0 amide bonds. The van der Waals surface area contributed by atoms with Crippen molar-refractivity contribution in [1.29, 1.82) is 0 Å². The minimum Gasteiger partial charge on any atom is -0.353 e. The summed E-state index contributed by atoms with van der Waals surface area (Å²) in [5, 5.41) is 1.57. The molecule has 2 fully saturated rings. The molecule has 2 aliphatic rings. The number of thiophene rings is 1. The molecule has 5 heteroatoms. The van der Waals surface area contributed by atoms with Crippen LogP contribution >= 0.6 is 22.9 Å². The molecule has 2 aromatic rings.